The third-order valence-electron chi connectivity index (χ3n) is 3.21. The first-order chi connectivity index (χ1) is 11.3. The Hall–Kier alpha value is -3.15. The number of nitrogens with zero attached hydrogens (tertiary/aromatic N) is 2. The molecule has 116 valence electrons. The van der Waals surface area contributed by atoms with Gasteiger partial charge in [-0.15, -0.1) is 0 Å². The van der Waals surface area contributed by atoms with Gasteiger partial charge in [-0.1, -0.05) is 30.3 Å². The van der Waals surface area contributed by atoms with Crippen LogP contribution in [0.5, 0.6) is 0 Å². The summed E-state index contributed by atoms with van der Waals surface area (Å²) in [4.78, 5) is 20.3. The van der Waals surface area contributed by atoms with Gasteiger partial charge in [0, 0.05) is 18.9 Å². The van der Waals surface area contributed by atoms with E-state index in [0.717, 1.165) is 11.3 Å². The van der Waals surface area contributed by atoms with Crippen molar-refractivity contribution in [1.82, 2.24) is 15.3 Å². The number of nitrogens with one attached hydrogen (secondary N) is 2. The molecule has 0 saturated heterocycles. The summed E-state index contributed by atoms with van der Waals surface area (Å²) >= 11 is 0. The number of furan rings is 1. The number of anilines is 1. The van der Waals surface area contributed by atoms with Crippen molar-refractivity contribution in [2.75, 3.05) is 5.32 Å². The summed E-state index contributed by atoms with van der Waals surface area (Å²) in [7, 11) is 0. The van der Waals surface area contributed by atoms with Crippen LogP contribution in [0.3, 0.4) is 0 Å². The molecule has 0 atom stereocenters. The maximum atomic E-state index is 12.0. The molecule has 0 aliphatic rings. The fraction of sp³-hybridized carbons (Fsp3) is 0.118. The standard InChI is InChI=1S/C17H16N4O2/c22-16(18-9-13-5-2-1-3-6-13)14-10-19-17(20-11-14)21-12-15-7-4-8-23-15/h1-8,10-11H,9,12H2,(H,18,22)(H,19,20,21). The van der Waals surface area contributed by atoms with E-state index in [-0.39, 0.29) is 5.91 Å². The molecule has 3 rings (SSSR count). The second-order valence-corrected chi connectivity index (χ2v) is 4.90. The molecule has 6 heteroatoms. The van der Waals surface area contributed by atoms with Gasteiger partial charge >= 0.3 is 0 Å². The Labute approximate surface area is 133 Å². The van der Waals surface area contributed by atoms with E-state index in [9.17, 15) is 4.79 Å². The Bertz CT molecular complexity index is 740. The summed E-state index contributed by atoms with van der Waals surface area (Å²) in [6, 6.07) is 13.4. The Morgan fingerprint density at radius 3 is 2.48 bits per heavy atom. The number of hydrogen-bond donors (Lipinski definition) is 2. The molecular formula is C17H16N4O2. The smallest absolute Gasteiger partial charge is 0.254 e. The average Bonchev–Trinajstić information content (AvgIpc) is 3.13. The molecule has 0 saturated carbocycles. The van der Waals surface area contributed by atoms with E-state index >= 15 is 0 Å². The molecule has 0 fully saturated rings. The summed E-state index contributed by atoms with van der Waals surface area (Å²) in [6.45, 7) is 0.963. The van der Waals surface area contributed by atoms with E-state index in [4.69, 9.17) is 4.42 Å². The molecule has 1 aromatic carbocycles. The molecule has 0 radical (unpaired) electrons. The lowest BCUT2D eigenvalue weighted by molar-refractivity contribution is 0.0950. The Morgan fingerprint density at radius 1 is 1.00 bits per heavy atom. The molecule has 0 bridgehead atoms. The third kappa shape index (κ3) is 4.16. The maximum absolute atomic E-state index is 12.0. The summed E-state index contributed by atoms with van der Waals surface area (Å²) < 4.78 is 5.21. The van der Waals surface area contributed by atoms with E-state index in [1.807, 2.05) is 42.5 Å². The minimum Gasteiger partial charge on any atom is -0.467 e. The Morgan fingerprint density at radius 2 is 1.78 bits per heavy atom. The highest BCUT2D eigenvalue weighted by molar-refractivity contribution is 5.93. The van der Waals surface area contributed by atoms with Crippen LogP contribution < -0.4 is 10.6 Å². The Balaban J connectivity index is 1.53. The van der Waals surface area contributed by atoms with Gasteiger partial charge in [0.2, 0.25) is 5.95 Å². The number of aromatic nitrogens is 2. The van der Waals surface area contributed by atoms with Gasteiger partial charge in [-0.3, -0.25) is 4.79 Å². The first-order valence-corrected chi connectivity index (χ1v) is 7.22. The quantitative estimate of drug-likeness (QED) is 0.731. The van der Waals surface area contributed by atoms with Crippen LogP contribution in [-0.4, -0.2) is 15.9 Å². The summed E-state index contributed by atoms with van der Waals surface area (Å²) in [5, 5.41) is 5.86. The van der Waals surface area contributed by atoms with Crippen LogP contribution in [0.25, 0.3) is 0 Å². The SMILES string of the molecule is O=C(NCc1ccccc1)c1cnc(NCc2ccco2)nc1. The predicted octanol–water partition coefficient (Wildman–Crippen LogP) is 2.61. The molecule has 0 aliphatic heterocycles. The molecule has 6 nitrogen and oxygen atoms in total. The van der Waals surface area contributed by atoms with Gasteiger partial charge in [-0.25, -0.2) is 9.97 Å². The number of carbonyl (C=O) groups is 1. The second-order valence-electron chi connectivity index (χ2n) is 4.90. The lowest BCUT2D eigenvalue weighted by atomic mass is 10.2. The van der Waals surface area contributed by atoms with Crippen molar-refractivity contribution in [2.24, 2.45) is 0 Å². The Kier molecular flexibility index (Phi) is 4.63. The van der Waals surface area contributed by atoms with E-state index < -0.39 is 0 Å². The van der Waals surface area contributed by atoms with Crippen molar-refractivity contribution in [3.8, 4) is 0 Å². The predicted molar refractivity (Wildman–Crippen MR) is 85.7 cm³/mol. The number of rotatable bonds is 6. The van der Waals surface area contributed by atoms with Gasteiger partial charge < -0.3 is 15.1 Å². The fourth-order valence-corrected chi connectivity index (χ4v) is 2.00. The van der Waals surface area contributed by atoms with Crippen LogP contribution in [0.4, 0.5) is 5.95 Å². The molecule has 1 amide bonds. The summed E-state index contributed by atoms with van der Waals surface area (Å²) in [5.74, 6) is 1.03. The van der Waals surface area contributed by atoms with Gasteiger partial charge in [0.05, 0.1) is 18.4 Å². The first-order valence-electron chi connectivity index (χ1n) is 7.22. The number of benzene rings is 1. The third-order valence-corrected chi connectivity index (χ3v) is 3.21. The molecule has 0 aliphatic carbocycles. The molecule has 2 heterocycles. The molecule has 2 N–H and O–H groups in total. The topological polar surface area (TPSA) is 80.0 Å². The number of hydrogen-bond acceptors (Lipinski definition) is 5. The zero-order valence-electron chi connectivity index (χ0n) is 12.4. The van der Waals surface area contributed by atoms with Crippen LogP contribution in [0.2, 0.25) is 0 Å². The largest absolute Gasteiger partial charge is 0.467 e. The molecule has 3 aromatic rings. The molecule has 0 unspecified atom stereocenters. The van der Waals surface area contributed by atoms with Crippen LogP contribution >= 0.6 is 0 Å². The number of carbonyl (C=O) groups excluding carboxylic acids is 1. The average molecular weight is 308 g/mol. The van der Waals surface area contributed by atoms with Gasteiger partial charge in [-0.05, 0) is 17.7 Å². The highest BCUT2D eigenvalue weighted by atomic mass is 16.3. The molecule has 0 spiro atoms. The highest BCUT2D eigenvalue weighted by Crippen LogP contribution is 2.05. The molecule has 23 heavy (non-hydrogen) atoms. The van der Waals surface area contributed by atoms with Crippen molar-refractivity contribution in [3.05, 3.63) is 78.0 Å². The fourth-order valence-electron chi connectivity index (χ4n) is 2.00. The zero-order chi connectivity index (χ0) is 15.9. The van der Waals surface area contributed by atoms with E-state index in [1.54, 1.807) is 6.26 Å². The minimum absolute atomic E-state index is 0.202. The normalized spacial score (nSPS) is 10.3. The first kappa shape index (κ1) is 14.8. The molecular weight excluding hydrogens is 292 g/mol. The lowest BCUT2D eigenvalue weighted by Crippen LogP contribution is -2.23. The second kappa shape index (κ2) is 7.22. The van der Waals surface area contributed by atoms with Crippen LogP contribution in [0.15, 0.2) is 65.5 Å². The van der Waals surface area contributed by atoms with Gasteiger partial charge in [0.1, 0.15) is 5.76 Å². The molecule has 2 aromatic heterocycles. The summed E-state index contributed by atoms with van der Waals surface area (Å²) in [6.07, 6.45) is 4.60. The maximum Gasteiger partial charge on any atom is 0.254 e. The summed E-state index contributed by atoms with van der Waals surface area (Å²) in [5.41, 5.74) is 1.46. The van der Waals surface area contributed by atoms with Crippen LogP contribution in [0, 0.1) is 0 Å². The van der Waals surface area contributed by atoms with Crippen molar-refractivity contribution in [1.29, 1.82) is 0 Å². The highest BCUT2D eigenvalue weighted by Gasteiger charge is 2.07. The van der Waals surface area contributed by atoms with E-state index in [2.05, 4.69) is 20.6 Å². The monoisotopic (exact) mass is 308 g/mol. The van der Waals surface area contributed by atoms with Crippen LogP contribution in [-0.2, 0) is 13.1 Å². The van der Waals surface area contributed by atoms with E-state index in [1.165, 1.54) is 12.4 Å². The van der Waals surface area contributed by atoms with Gasteiger partial charge in [0.25, 0.3) is 5.91 Å². The number of amides is 1. The van der Waals surface area contributed by atoms with Crippen molar-refractivity contribution in [3.63, 3.8) is 0 Å². The van der Waals surface area contributed by atoms with Crippen molar-refractivity contribution < 1.29 is 9.21 Å². The minimum atomic E-state index is -0.202. The lowest BCUT2D eigenvalue weighted by Gasteiger charge is -2.06. The zero-order valence-corrected chi connectivity index (χ0v) is 12.4. The van der Waals surface area contributed by atoms with Crippen molar-refractivity contribution >= 4 is 11.9 Å². The van der Waals surface area contributed by atoms with Crippen molar-refractivity contribution in [2.45, 2.75) is 13.1 Å². The van der Waals surface area contributed by atoms with Gasteiger partial charge in [-0.2, -0.15) is 0 Å². The van der Waals surface area contributed by atoms with E-state index in [0.29, 0.717) is 24.6 Å². The van der Waals surface area contributed by atoms with Gasteiger partial charge in [0.15, 0.2) is 0 Å². The van der Waals surface area contributed by atoms with Crippen LogP contribution in [0.1, 0.15) is 21.7 Å².